The van der Waals surface area contributed by atoms with Crippen LogP contribution in [0.1, 0.15) is 99.8 Å². The first-order chi connectivity index (χ1) is 15.5. The summed E-state index contributed by atoms with van der Waals surface area (Å²) in [5.41, 5.74) is 0.738. The summed E-state index contributed by atoms with van der Waals surface area (Å²) in [7, 11) is 0. The Balaban J connectivity index is 2.51. The lowest BCUT2D eigenvalue weighted by molar-refractivity contribution is 0.0222. The molecule has 182 valence electrons. The van der Waals surface area contributed by atoms with Crippen LogP contribution in [-0.2, 0) is 9.47 Å². The van der Waals surface area contributed by atoms with Gasteiger partial charge in [-0.15, -0.1) is 0 Å². The highest BCUT2D eigenvalue weighted by Gasteiger charge is 2.15. The minimum absolute atomic E-state index is 0.264. The molecule has 0 heterocycles. The van der Waals surface area contributed by atoms with Gasteiger partial charge in [-0.2, -0.15) is 0 Å². The summed E-state index contributed by atoms with van der Waals surface area (Å²) in [5, 5.41) is 0. The second-order valence-corrected chi connectivity index (χ2v) is 8.25. The molecule has 0 amide bonds. The Kier molecular flexibility index (Phi) is 15.5. The molecule has 0 radical (unpaired) electrons. The van der Waals surface area contributed by atoms with Gasteiger partial charge in [-0.25, -0.2) is 9.59 Å². The van der Waals surface area contributed by atoms with Crippen LogP contribution in [-0.4, -0.2) is 61.4 Å². The molecule has 0 aromatic heterocycles. The molecule has 0 aliphatic heterocycles. The van der Waals surface area contributed by atoms with E-state index in [0.29, 0.717) is 11.1 Å². The van der Waals surface area contributed by atoms with Gasteiger partial charge in [-0.3, -0.25) is 9.80 Å². The number of ether oxygens (including phenoxy) is 2. The number of esters is 2. The maximum atomic E-state index is 12.5. The number of hydrogen-bond donors (Lipinski definition) is 0. The summed E-state index contributed by atoms with van der Waals surface area (Å²) >= 11 is 0. The number of nitrogens with zero attached hydrogens (tertiary/aromatic N) is 2. The van der Waals surface area contributed by atoms with Crippen LogP contribution in [0.3, 0.4) is 0 Å². The molecule has 0 aliphatic rings. The lowest BCUT2D eigenvalue weighted by Crippen LogP contribution is -2.29. The molecule has 0 saturated carbocycles. The smallest absolute Gasteiger partial charge is 0.339 e. The topological polar surface area (TPSA) is 59.1 Å². The lowest BCUT2D eigenvalue weighted by atomic mass is 10.1. The third-order valence-electron chi connectivity index (χ3n) is 5.64. The van der Waals surface area contributed by atoms with E-state index in [1.807, 2.05) is 0 Å². The molecule has 32 heavy (non-hydrogen) atoms. The molecule has 1 rings (SSSR count). The van der Waals surface area contributed by atoms with Crippen LogP contribution in [0.5, 0.6) is 0 Å². The molecule has 0 bridgehead atoms. The van der Waals surface area contributed by atoms with Gasteiger partial charge in [-0.05, 0) is 44.1 Å². The summed E-state index contributed by atoms with van der Waals surface area (Å²) in [4.78, 5) is 29.2. The van der Waals surface area contributed by atoms with Gasteiger partial charge in [0, 0.05) is 13.1 Å². The Labute approximate surface area is 195 Å². The van der Waals surface area contributed by atoms with Gasteiger partial charge < -0.3 is 9.47 Å². The van der Waals surface area contributed by atoms with E-state index in [-0.39, 0.29) is 13.5 Å². The number of benzene rings is 1. The van der Waals surface area contributed by atoms with Crippen molar-refractivity contribution in [2.45, 2.75) is 79.1 Å². The second kappa shape index (κ2) is 17.6. The molecule has 0 fully saturated rings. The Morgan fingerprint density at radius 1 is 0.688 bits per heavy atom. The fourth-order valence-corrected chi connectivity index (χ4v) is 3.39. The first-order valence-electron chi connectivity index (χ1n) is 12.4. The van der Waals surface area contributed by atoms with Crippen LogP contribution < -0.4 is 0 Å². The Hall–Kier alpha value is -1.92. The molecular formula is C26H44N2O4. The average molecular weight is 449 g/mol. The van der Waals surface area contributed by atoms with E-state index >= 15 is 0 Å². The zero-order valence-corrected chi connectivity index (χ0v) is 20.7. The fourth-order valence-electron chi connectivity index (χ4n) is 3.39. The van der Waals surface area contributed by atoms with Gasteiger partial charge in [-0.1, -0.05) is 72.3 Å². The maximum absolute atomic E-state index is 12.5. The van der Waals surface area contributed by atoms with Crippen molar-refractivity contribution in [3.63, 3.8) is 0 Å². The predicted molar refractivity (Wildman–Crippen MR) is 130 cm³/mol. The molecular weight excluding hydrogens is 404 g/mol. The van der Waals surface area contributed by atoms with E-state index < -0.39 is 11.9 Å². The zero-order chi connectivity index (χ0) is 23.6. The molecule has 1 aromatic carbocycles. The van der Waals surface area contributed by atoms with E-state index in [0.717, 1.165) is 39.0 Å². The first kappa shape index (κ1) is 28.1. The number of hydrogen-bond acceptors (Lipinski definition) is 6. The Morgan fingerprint density at radius 3 is 1.50 bits per heavy atom. The van der Waals surface area contributed by atoms with Crippen molar-refractivity contribution in [1.82, 2.24) is 9.80 Å². The van der Waals surface area contributed by atoms with Crippen molar-refractivity contribution in [2.75, 3.05) is 39.6 Å². The summed E-state index contributed by atoms with van der Waals surface area (Å²) in [6.07, 6.45) is 9.47. The zero-order valence-electron chi connectivity index (χ0n) is 20.7. The van der Waals surface area contributed by atoms with E-state index in [9.17, 15) is 9.59 Å². The van der Waals surface area contributed by atoms with Crippen molar-refractivity contribution >= 4 is 11.9 Å². The molecule has 6 heteroatoms. The van der Waals surface area contributed by atoms with Crippen LogP contribution in [0.25, 0.3) is 0 Å². The fraction of sp³-hybridized carbons (Fsp3) is 0.692. The number of carbonyl (C=O) groups excluding carboxylic acids is 2. The first-order valence-corrected chi connectivity index (χ1v) is 12.4. The summed E-state index contributed by atoms with van der Waals surface area (Å²) in [6, 6.07) is 6.59. The van der Waals surface area contributed by atoms with Crippen LogP contribution in [0.4, 0.5) is 0 Å². The molecule has 1 aromatic rings. The number of rotatable bonds is 18. The van der Waals surface area contributed by atoms with Gasteiger partial charge >= 0.3 is 11.9 Å². The van der Waals surface area contributed by atoms with Gasteiger partial charge in [0.25, 0.3) is 0 Å². The molecule has 0 unspecified atom stereocenters. The summed E-state index contributed by atoms with van der Waals surface area (Å²) in [5.74, 6) is -0.837. The molecule has 6 nitrogen and oxygen atoms in total. The van der Waals surface area contributed by atoms with Crippen molar-refractivity contribution in [1.29, 1.82) is 0 Å². The maximum Gasteiger partial charge on any atom is 0.339 e. The Morgan fingerprint density at radius 2 is 1.12 bits per heavy atom. The highest BCUT2D eigenvalue weighted by Crippen LogP contribution is 2.10. The summed E-state index contributed by atoms with van der Waals surface area (Å²) in [6.45, 7) is 12.5. The van der Waals surface area contributed by atoms with E-state index in [1.54, 1.807) is 24.3 Å². The second-order valence-electron chi connectivity index (χ2n) is 8.25. The third kappa shape index (κ3) is 11.6. The summed E-state index contributed by atoms with van der Waals surface area (Å²) < 4.78 is 11.0. The van der Waals surface area contributed by atoms with Crippen LogP contribution in [0.15, 0.2) is 24.3 Å². The van der Waals surface area contributed by atoms with Crippen LogP contribution in [0.2, 0.25) is 0 Å². The molecule has 0 spiro atoms. The monoisotopic (exact) mass is 448 g/mol. The lowest BCUT2D eigenvalue weighted by Gasteiger charge is -2.20. The van der Waals surface area contributed by atoms with Gasteiger partial charge in [0.1, 0.15) is 13.5 Å². The van der Waals surface area contributed by atoms with Gasteiger partial charge in [0.15, 0.2) is 0 Å². The van der Waals surface area contributed by atoms with Gasteiger partial charge in [0.05, 0.1) is 11.1 Å². The average Bonchev–Trinajstić information content (AvgIpc) is 2.82. The Bertz CT molecular complexity index is 599. The largest absolute Gasteiger partial charge is 0.446 e. The van der Waals surface area contributed by atoms with Crippen molar-refractivity contribution in [2.24, 2.45) is 0 Å². The van der Waals surface area contributed by atoms with Crippen molar-refractivity contribution in [3.05, 3.63) is 35.4 Å². The van der Waals surface area contributed by atoms with E-state index in [4.69, 9.17) is 9.47 Å². The molecule has 0 atom stereocenters. The quantitative estimate of drug-likeness (QED) is 0.163. The van der Waals surface area contributed by atoms with Crippen molar-refractivity contribution < 1.29 is 19.1 Å². The minimum Gasteiger partial charge on any atom is -0.446 e. The van der Waals surface area contributed by atoms with Crippen LogP contribution in [0, 0.1) is 0 Å². The normalized spacial score (nSPS) is 11.2. The van der Waals surface area contributed by atoms with E-state index in [1.165, 1.54) is 38.5 Å². The molecule has 0 aliphatic carbocycles. The SMILES string of the molecule is CCCCCCN(CC)COC(=O)c1cccc(C(=O)OCN(CC)CCCCCC)c1. The number of carbonyl (C=O) groups is 2. The number of unbranched alkanes of at least 4 members (excludes halogenated alkanes) is 6. The van der Waals surface area contributed by atoms with Crippen LogP contribution >= 0.6 is 0 Å². The van der Waals surface area contributed by atoms with E-state index in [2.05, 4.69) is 37.5 Å². The van der Waals surface area contributed by atoms with Crippen molar-refractivity contribution in [3.8, 4) is 0 Å². The molecule has 0 N–H and O–H groups in total. The standard InChI is InChI=1S/C26H44N2O4/c1-5-9-11-13-18-27(7-3)21-31-25(29)23-16-15-17-24(20-23)26(30)32-22-28(8-4)19-14-12-10-6-2/h15-17,20H,5-14,18-19,21-22H2,1-4H3. The predicted octanol–water partition coefficient (Wildman–Crippen LogP) is 5.72. The third-order valence-corrected chi connectivity index (χ3v) is 5.64. The highest BCUT2D eigenvalue weighted by atomic mass is 16.5. The minimum atomic E-state index is -0.419. The molecule has 0 saturated heterocycles. The van der Waals surface area contributed by atoms with Gasteiger partial charge in [0.2, 0.25) is 0 Å². The highest BCUT2D eigenvalue weighted by molar-refractivity contribution is 5.95.